The van der Waals surface area contributed by atoms with E-state index in [1.807, 2.05) is 28.8 Å². The number of imidazole rings is 1. The molecule has 0 bridgehead atoms. The van der Waals surface area contributed by atoms with E-state index in [0.29, 0.717) is 29.9 Å². The number of aromatic nitrogens is 7. The first-order valence-electron chi connectivity index (χ1n) is 8.88. The first kappa shape index (κ1) is 17.8. The number of amides is 1. The maximum atomic E-state index is 12.5. The second-order valence-electron chi connectivity index (χ2n) is 7.32. The van der Waals surface area contributed by atoms with E-state index < -0.39 is 0 Å². The quantitative estimate of drug-likeness (QED) is 0.544. The zero-order chi connectivity index (χ0) is 19.7. The van der Waals surface area contributed by atoms with E-state index in [1.165, 1.54) is 6.33 Å². The van der Waals surface area contributed by atoms with Crippen molar-refractivity contribution in [2.24, 2.45) is 0 Å². The van der Waals surface area contributed by atoms with Crippen molar-refractivity contribution >= 4 is 22.9 Å². The third-order valence-corrected chi connectivity index (χ3v) is 4.14. The number of hydrogen-bond donors (Lipinski definition) is 2. The van der Waals surface area contributed by atoms with Crippen molar-refractivity contribution in [2.45, 2.75) is 39.2 Å². The number of anilines is 1. The Morgan fingerprint density at radius 3 is 2.82 bits per heavy atom. The Morgan fingerprint density at radius 1 is 1.25 bits per heavy atom. The van der Waals surface area contributed by atoms with Crippen LogP contribution in [0.25, 0.3) is 22.7 Å². The highest BCUT2D eigenvalue weighted by atomic mass is 16.5. The minimum absolute atomic E-state index is 0.180. The van der Waals surface area contributed by atoms with E-state index in [1.54, 1.807) is 0 Å². The monoisotopic (exact) mass is 380 g/mol. The molecule has 0 atom stereocenters. The predicted octanol–water partition coefficient (Wildman–Crippen LogP) is 2.53. The topological polar surface area (TPSA) is 127 Å². The summed E-state index contributed by atoms with van der Waals surface area (Å²) < 4.78 is 7.19. The zero-order valence-corrected chi connectivity index (χ0v) is 15.8. The van der Waals surface area contributed by atoms with Gasteiger partial charge in [0.05, 0.1) is 11.0 Å². The lowest BCUT2D eigenvalue weighted by Crippen LogP contribution is -2.26. The van der Waals surface area contributed by atoms with Gasteiger partial charge in [-0.05, 0) is 32.9 Å². The molecular formula is C18H20N8O2. The minimum Gasteiger partial charge on any atom is -0.339 e. The Morgan fingerprint density at radius 2 is 2.07 bits per heavy atom. The Labute approximate surface area is 160 Å². The van der Waals surface area contributed by atoms with Crippen molar-refractivity contribution in [1.82, 2.24) is 34.9 Å². The normalized spacial score (nSPS) is 11.8. The van der Waals surface area contributed by atoms with Gasteiger partial charge in [-0.25, -0.2) is 9.97 Å². The number of benzene rings is 1. The Balaban J connectivity index is 1.47. The van der Waals surface area contributed by atoms with Gasteiger partial charge in [0, 0.05) is 18.4 Å². The van der Waals surface area contributed by atoms with E-state index >= 15 is 0 Å². The highest BCUT2D eigenvalue weighted by Crippen LogP contribution is 2.28. The molecule has 0 aliphatic heterocycles. The number of H-pyrrole nitrogens is 1. The molecule has 0 aliphatic carbocycles. The van der Waals surface area contributed by atoms with Crippen LogP contribution in [-0.2, 0) is 16.8 Å². The number of carbonyl (C=O) groups is 1. The molecule has 0 radical (unpaired) electrons. The minimum atomic E-state index is -0.239. The molecule has 144 valence electrons. The number of nitrogens with one attached hydrogen (secondary N) is 2. The lowest BCUT2D eigenvalue weighted by atomic mass is 10.1. The van der Waals surface area contributed by atoms with E-state index in [0.717, 1.165) is 11.0 Å². The molecule has 3 heterocycles. The van der Waals surface area contributed by atoms with Gasteiger partial charge in [0.2, 0.25) is 23.6 Å². The number of rotatable bonds is 5. The summed E-state index contributed by atoms with van der Waals surface area (Å²) in [6, 6.07) is 7.80. The van der Waals surface area contributed by atoms with Crippen molar-refractivity contribution in [2.75, 3.05) is 5.32 Å². The van der Waals surface area contributed by atoms with Gasteiger partial charge in [-0.3, -0.25) is 15.2 Å². The Hall–Kier alpha value is -3.56. The molecule has 4 rings (SSSR count). The SMILES string of the molecule is CC(C)(C)n1c(NC(=O)CCc2nc(-c3ncn[nH]3)no2)nc2ccccc21. The zero-order valence-electron chi connectivity index (χ0n) is 15.8. The molecule has 10 heteroatoms. The van der Waals surface area contributed by atoms with Gasteiger partial charge in [-0.1, -0.05) is 17.3 Å². The van der Waals surface area contributed by atoms with Crippen LogP contribution in [0.5, 0.6) is 0 Å². The van der Waals surface area contributed by atoms with Crippen LogP contribution >= 0.6 is 0 Å². The summed E-state index contributed by atoms with van der Waals surface area (Å²) in [5.74, 6) is 1.42. The summed E-state index contributed by atoms with van der Waals surface area (Å²) >= 11 is 0. The summed E-state index contributed by atoms with van der Waals surface area (Å²) in [7, 11) is 0. The standard InChI is InChI=1S/C18H20N8O2/c1-18(2,3)26-12-7-5-4-6-11(12)21-17(26)22-13(27)8-9-14-23-16(25-28-14)15-19-10-20-24-15/h4-7,10H,8-9H2,1-3H3,(H,19,20,24)(H,21,22,27). The molecule has 3 aromatic heterocycles. The number of carbonyl (C=O) groups excluding carboxylic acids is 1. The van der Waals surface area contributed by atoms with Crippen LogP contribution in [0, 0.1) is 0 Å². The number of fused-ring (bicyclic) bond motifs is 1. The second kappa shape index (κ2) is 6.87. The number of para-hydroxylation sites is 2. The van der Waals surface area contributed by atoms with E-state index in [9.17, 15) is 4.79 Å². The van der Waals surface area contributed by atoms with Crippen LogP contribution in [0.15, 0.2) is 35.1 Å². The van der Waals surface area contributed by atoms with Crippen LogP contribution in [0.2, 0.25) is 0 Å². The van der Waals surface area contributed by atoms with Gasteiger partial charge >= 0.3 is 0 Å². The second-order valence-corrected chi connectivity index (χ2v) is 7.32. The average Bonchev–Trinajstić information content (AvgIpc) is 3.37. The van der Waals surface area contributed by atoms with Crippen LogP contribution in [0.4, 0.5) is 5.95 Å². The highest BCUT2D eigenvalue weighted by Gasteiger charge is 2.22. The Kier molecular flexibility index (Phi) is 4.38. The van der Waals surface area contributed by atoms with Crippen molar-refractivity contribution < 1.29 is 9.32 Å². The van der Waals surface area contributed by atoms with E-state index in [-0.39, 0.29) is 17.9 Å². The third kappa shape index (κ3) is 3.48. The lowest BCUT2D eigenvalue weighted by Gasteiger charge is -2.24. The van der Waals surface area contributed by atoms with Crippen LogP contribution < -0.4 is 5.32 Å². The fourth-order valence-electron chi connectivity index (χ4n) is 2.96. The molecule has 1 aromatic carbocycles. The molecule has 0 spiro atoms. The van der Waals surface area contributed by atoms with E-state index in [4.69, 9.17) is 4.52 Å². The molecule has 0 saturated heterocycles. The predicted molar refractivity (Wildman–Crippen MR) is 101 cm³/mol. The van der Waals surface area contributed by atoms with Crippen molar-refractivity contribution in [3.05, 3.63) is 36.5 Å². The van der Waals surface area contributed by atoms with Gasteiger partial charge in [0.15, 0.2) is 5.82 Å². The van der Waals surface area contributed by atoms with Crippen molar-refractivity contribution in [3.63, 3.8) is 0 Å². The molecule has 0 fully saturated rings. The number of hydrogen-bond acceptors (Lipinski definition) is 7. The van der Waals surface area contributed by atoms with Gasteiger partial charge in [0.25, 0.3) is 0 Å². The van der Waals surface area contributed by atoms with E-state index in [2.05, 4.69) is 56.4 Å². The maximum Gasteiger partial charge on any atom is 0.239 e. The van der Waals surface area contributed by atoms with Gasteiger partial charge in [-0.2, -0.15) is 10.1 Å². The third-order valence-electron chi connectivity index (χ3n) is 4.14. The molecule has 28 heavy (non-hydrogen) atoms. The Bertz CT molecular complexity index is 1100. The fourth-order valence-corrected chi connectivity index (χ4v) is 2.96. The molecule has 0 aliphatic rings. The van der Waals surface area contributed by atoms with Crippen molar-refractivity contribution in [1.29, 1.82) is 0 Å². The molecule has 2 N–H and O–H groups in total. The molecule has 4 aromatic rings. The largest absolute Gasteiger partial charge is 0.339 e. The summed E-state index contributed by atoms with van der Waals surface area (Å²) in [4.78, 5) is 25.2. The fraction of sp³-hybridized carbons (Fsp3) is 0.333. The average molecular weight is 380 g/mol. The maximum absolute atomic E-state index is 12.5. The van der Waals surface area contributed by atoms with Crippen molar-refractivity contribution in [3.8, 4) is 11.6 Å². The number of nitrogens with zero attached hydrogens (tertiary/aromatic N) is 6. The highest BCUT2D eigenvalue weighted by molar-refractivity contribution is 5.91. The number of aryl methyl sites for hydroxylation is 1. The molecule has 0 unspecified atom stereocenters. The van der Waals surface area contributed by atoms with Crippen LogP contribution in [0.3, 0.4) is 0 Å². The number of aromatic amines is 1. The summed E-state index contributed by atoms with van der Waals surface area (Å²) in [6.07, 6.45) is 1.86. The molecule has 0 saturated carbocycles. The summed E-state index contributed by atoms with van der Waals surface area (Å²) in [5, 5.41) is 13.1. The van der Waals surface area contributed by atoms with Crippen LogP contribution in [-0.4, -0.2) is 40.8 Å². The first-order chi connectivity index (χ1) is 13.4. The molecule has 1 amide bonds. The summed E-state index contributed by atoms with van der Waals surface area (Å²) in [5.41, 5.74) is 1.57. The molecule has 10 nitrogen and oxygen atoms in total. The van der Waals surface area contributed by atoms with Gasteiger partial charge in [-0.15, -0.1) is 0 Å². The lowest BCUT2D eigenvalue weighted by molar-refractivity contribution is -0.116. The summed E-state index contributed by atoms with van der Waals surface area (Å²) in [6.45, 7) is 6.21. The van der Waals surface area contributed by atoms with Gasteiger partial charge in [0.1, 0.15) is 6.33 Å². The smallest absolute Gasteiger partial charge is 0.239 e. The first-order valence-corrected chi connectivity index (χ1v) is 8.88. The molecular weight excluding hydrogens is 360 g/mol. The van der Waals surface area contributed by atoms with Crippen LogP contribution in [0.1, 0.15) is 33.1 Å². The van der Waals surface area contributed by atoms with Gasteiger partial charge < -0.3 is 9.09 Å².